The Morgan fingerprint density at radius 1 is 1.36 bits per heavy atom. The van der Waals surface area contributed by atoms with Crippen LogP contribution in [0.4, 0.5) is 0 Å². The van der Waals surface area contributed by atoms with Gasteiger partial charge in [0.25, 0.3) is 0 Å². The number of azide groups is 1. The fourth-order valence-electron chi connectivity index (χ4n) is 1.01. The molecule has 0 aliphatic heterocycles. The largest absolute Gasteiger partial charge is 0.313 e. The minimum Gasteiger partial charge on any atom is -0.313 e. The van der Waals surface area contributed by atoms with E-state index in [-0.39, 0.29) is 0 Å². The highest BCUT2D eigenvalue weighted by atomic mass is 35.5. The van der Waals surface area contributed by atoms with Crippen LogP contribution >= 0.6 is 11.6 Å². The highest BCUT2D eigenvalue weighted by Gasteiger charge is 1.91. The van der Waals surface area contributed by atoms with Crippen LogP contribution in [0, 0.1) is 0 Å². The molecular formula is C9H11ClN4. The quantitative estimate of drug-likeness (QED) is 0.345. The van der Waals surface area contributed by atoms with Gasteiger partial charge in [0.2, 0.25) is 0 Å². The summed E-state index contributed by atoms with van der Waals surface area (Å²) in [5.74, 6) is 0. The Bertz CT molecular complexity index is 316. The predicted octanol–water partition coefficient (Wildman–Crippen LogP) is 2.74. The Kier molecular flexibility index (Phi) is 4.86. The predicted molar refractivity (Wildman–Crippen MR) is 57.2 cm³/mol. The van der Waals surface area contributed by atoms with Crippen LogP contribution in [0.15, 0.2) is 29.4 Å². The average Bonchev–Trinajstić information content (AvgIpc) is 2.21. The number of halogens is 1. The second-order valence-corrected chi connectivity index (χ2v) is 3.19. The lowest BCUT2D eigenvalue weighted by atomic mass is 10.2. The average molecular weight is 211 g/mol. The topological polar surface area (TPSA) is 60.8 Å². The summed E-state index contributed by atoms with van der Waals surface area (Å²) < 4.78 is 0. The normalized spacial score (nSPS) is 9.50. The van der Waals surface area contributed by atoms with Gasteiger partial charge in [0.1, 0.15) is 0 Å². The third kappa shape index (κ3) is 4.14. The zero-order valence-electron chi connectivity index (χ0n) is 7.65. The first-order valence-corrected chi connectivity index (χ1v) is 4.67. The van der Waals surface area contributed by atoms with Gasteiger partial charge in [-0.25, -0.2) is 0 Å². The van der Waals surface area contributed by atoms with Crippen molar-refractivity contribution in [3.05, 3.63) is 45.3 Å². The second-order valence-electron chi connectivity index (χ2n) is 2.76. The molecule has 0 atom stereocenters. The summed E-state index contributed by atoms with van der Waals surface area (Å²) in [7, 11) is 0. The molecule has 0 aliphatic carbocycles. The molecule has 14 heavy (non-hydrogen) atoms. The maximum absolute atomic E-state index is 8.03. The smallest absolute Gasteiger partial charge is 0.0406 e. The van der Waals surface area contributed by atoms with E-state index in [4.69, 9.17) is 17.1 Å². The number of hydrogen-bond donors (Lipinski definition) is 1. The van der Waals surface area contributed by atoms with E-state index in [1.807, 2.05) is 24.3 Å². The maximum atomic E-state index is 8.03. The highest BCUT2D eigenvalue weighted by Crippen LogP contribution is 2.08. The molecule has 0 radical (unpaired) electrons. The zero-order chi connectivity index (χ0) is 10.2. The summed E-state index contributed by atoms with van der Waals surface area (Å²) >= 11 is 5.74. The molecule has 0 fully saturated rings. The first-order chi connectivity index (χ1) is 6.83. The number of hydrogen-bond acceptors (Lipinski definition) is 2. The second kappa shape index (κ2) is 6.27. The van der Waals surface area contributed by atoms with Crippen molar-refractivity contribution in [2.75, 3.05) is 13.1 Å². The van der Waals surface area contributed by atoms with E-state index in [1.54, 1.807) is 0 Å². The van der Waals surface area contributed by atoms with Gasteiger partial charge in [-0.15, -0.1) is 0 Å². The molecule has 5 heteroatoms. The van der Waals surface area contributed by atoms with Gasteiger partial charge >= 0.3 is 0 Å². The monoisotopic (exact) mass is 210 g/mol. The van der Waals surface area contributed by atoms with Crippen LogP contribution in [0.5, 0.6) is 0 Å². The van der Waals surface area contributed by atoms with Gasteiger partial charge in [-0.1, -0.05) is 28.8 Å². The zero-order valence-corrected chi connectivity index (χ0v) is 8.41. The number of benzene rings is 1. The lowest BCUT2D eigenvalue weighted by Gasteiger charge is -2.02. The molecule has 0 aliphatic rings. The van der Waals surface area contributed by atoms with E-state index in [0.717, 1.165) is 17.1 Å². The van der Waals surface area contributed by atoms with Crippen LogP contribution in [0.3, 0.4) is 0 Å². The van der Waals surface area contributed by atoms with Gasteiger partial charge in [-0.3, -0.25) is 0 Å². The minimum absolute atomic E-state index is 0.476. The van der Waals surface area contributed by atoms with Gasteiger partial charge in [0.05, 0.1) is 0 Å². The molecule has 0 unspecified atom stereocenters. The van der Waals surface area contributed by atoms with Crippen molar-refractivity contribution in [3.63, 3.8) is 0 Å². The molecule has 0 saturated carbocycles. The van der Waals surface area contributed by atoms with Crippen molar-refractivity contribution in [2.24, 2.45) is 5.11 Å². The van der Waals surface area contributed by atoms with Crippen molar-refractivity contribution >= 4 is 11.6 Å². The van der Waals surface area contributed by atoms with Crippen molar-refractivity contribution in [3.8, 4) is 0 Å². The molecule has 1 aromatic carbocycles. The Hall–Kier alpha value is -1.22. The van der Waals surface area contributed by atoms with Crippen LogP contribution < -0.4 is 5.32 Å². The third-order valence-electron chi connectivity index (χ3n) is 1.69. The summed E-state index contributed by atoms with van der Waals surface area (Å²) in [6.45, 7) is 1.93. The molecule has 0 aromatic heterocycles. The van der Waals surface area contributed by atoms with E-state index in [2.05, 4.69) is 15.3 Å². The molecule has 1 N–H and O–H groups in total. The van der Waals surface area contributed by atoms with Crippen molar-refractivity contribution < 1.29 is 0 Å². The molecular weight excluding hydrogens is 200 g/mol. The Labute approximate surface area is 87.5 Å². The van der Waals surface area contributed by atoms with E-state index >= 15 is 0 Å². The van der Waals surface area contributed by atoms with Crippen LogP contribution in [0.1, 0.15) is 5.56 Å². The maximum Gasteiger partial charge on any atom is 0.0406 e. The fourth-order valence-corrected chi connectivity index (χ4v) is 1.13. The minimum atomic E-state index is 0.476. The van der Waals surface area contributed by atoms with Gasteiger partial charge in [0.15, 0.2) is 0 Å². The Balaban J connectivity index is 2.24. The summed E-state index contributed by atoms with van der Waals surface area (Å²) in [5.41, 5.74) is 9.19. The van der Waals surface area contributed by atoms with Gasteiger partial charge < -0.3 is 5.32 Å². The van der Waals surface area contributed by atoms with Crippen LogP contribution in [0.25, 0.3) is 10.4 Å². The summed E-state index contributed by atoms with van der Waals surface area (Å²) in [6.07, 6.45) is 0. The van der Waals surface area contributed by atoms with Crippen LogP contribution in [-0.4, -0.2) is 13.1 Å². The molecule has 0 heterocycles. The summed E-state index contributed by atoms with van der Waals surface area (Å²) in [6, 6.07) is 7.63. The van der Waals surface area contributed by atoms with Gasteiger partial charge in [0, 0.05) is 29.6 Å². The molecule has 1 aromatic rings. The molecule has 0 amide bonds. The molecule has 1 rings (SSSR count). The number of nitrogens with zero attached hydrogens (tertiary/aromatic N) is 3. The Morgan fingerprint density at radius 3 is 2.71 bits per heavy atom. The highest BCUT2D eigenvalue weighted by molar-refractivity contribution is 6.30. The summed E-state index contributed by atoms with van der Waals surface area (Å²) in [4.78, 5) is 2.66. The van der Waals surface area contributed by atoms with Crippen LogP contribution in [0.2, 0.25) is 5.02 Å². The first-order valence-electron chi connectivity index (χ1n) is 4.29. The number of rotatable bonds is 5. The third-order valence-corrected chi connectivity index (χ3v) is 1.95. The molecule has 0 bridgehead atoms. The fraction of sp³-hybridized carbons (Fsp3) is 0.333. The van der Waals surface area contributed by atoms with E-state index in [0.29, 0.717) is 13.1 Å². The van der Waals surface area contributed by atoms with Crippen molar-refractivity contribution in [1.82, 2.24) is 5.32 Å². The number of nitrogens with one attached hydrogen (secondary N) is 1. The molecule has 74 valence electrons. The Morgan fingerprint density at radius 2 is 2.07 bits per heavy atom. The first kappa shape index (κ1) is 10.9. The molecule has 0 saturated heterocycles. The van der Waals surface area contributed by atoms with Crippen molar-refractivity contribution in [2.45, 2.75) is 6.54 Å². The molecule has 0 spiro atoms. The SMILES string of the molecule is [N-]=[N+]=NCCNCc1ccc(Cl)cc1. The lowest BCUT2D eigenvalue weighted by Crippen LogP contribution is -2.16. The van der Waals surface area contributed by atoms with Crippen molar-refractivity contribution in [1.29, 1.82) is 0 Å². The van der Waals surface area contributed by atoms with Crippen LogP contribution in [-0.2, 0) is 6.54 Å². The van der Waals surface area contributed by atoms with E-state index in [9.17, 15) is 0 Å². The standard InChI is InChI=1S/C9H11ClN4/c10-9-3-1-8(2-4-9)7-12-5-6-13-14-11/h1-4,12H,5-7H2. The molecule has 4 nitrogen and oxygen atoms in total. The lowest BCUT2D eigenvalue weighted by molar-refractivity contribution is 0.693. The summed E-state index contributed by atoms with van der Waals surface area (Å²) in [5, 5.41) is 7.30. The van der Waals surface area contributed by atoms with Gasteiger partial charge in [-0.2, -0.15) is 0 Å². The van der Waals surface area contributed by atoms with E-state index < -0.39 is 0 Å². The van der Waals surface area contributed by atoms with E-state index in [1.165, 1.54) is 0 Å². The van der Waals surface area contributed by atoms with Gasteiger partial charge in [-0.05, 0) is 23.2 Å².